The highest BCUT2D eigenvalue weighted by Gasteiger charge is 2.22. The summed E-state index contributed by atoms with van der Waals surface area (Å²) in [6.07, 6.45) is 11.0. The summed E-state index contributed by atoms with van der Waals surface area (Å²) < 4.78 is 5.83. The van der Waals surface area contributed by atoms with Gasteiger partial charge in [0.1, 0.15) is 23.9 Å². The van der Waals surface area contributed by atoms with Crippen LogP contribution in [0.2, 0.25) is 0 Å². The van der Waals surface area contributed by atoms with Gasteiger partial charge >= 0.3 is 0 Å². The highest BCUT2D eigenvalue weighted by atomic mass is 16.5. The molecule has 2 aromatic carbocycles. The molecule has 0 spiro atoms. The van der Waals surface area contributed by atoms with Gasteiger partial charge in [-0.3, -0.25) is 9.59 Å². The zero-order valence-electron chi connectivity index (χ0n) is 19.0. The second-order valence-electron chi connectivity index (χ2n) is 7.91. The number of benzene rings is 2. The summed E-state index contributed by atoms with van der Waals surface area (Å²) in [6.45, 7) is 4.27. The minimum atomic E-state index is -0.376. The van der Waals surface area contributed by atoms with Crippen LogP contribution in [0.25, 0.3) is 0 Å². The number of unbranched alkanes of at least 4 members (excludes halogenated alkanes) is 2. The Hall–Kier alpha value is -2.68. The lowest BCUT2D eigenvalue weighted by molar-refractivity contribution is -0.132. The van der Waals surface area contributed by atoms with Gasteiger partial charge in [0.25, 0.3) is 0 Å². The fourth-order valence-electron chi connectivity index (χ4n) is 3.58. The van der Waals surface area contributed by atoms with E-state index in [1.807, 2.05) is 44.2 Å². The Morgan fingerprint density at radius 2 is 1.45 bits per heavy atom. The number of rotatable bonds is 15. The first-order valence-corrected chi connectivity index (χ1v) is 11.6. The highest BCUT2D eigenvalue weighted by molar-refractivity contribution is 6.02. The Morgan fingerprint density at radius 1 is 0.806 bits per heavy atom. The maximum Gasteiger partial charge on any atom is 0.143 e. The van der Waals surface area contributed by atoms with Crippen LogP contribution in [0.1, 0.15) is 69.9 Å². The number of ether oxygens (including phenoxy) is 1. The number of Topliss-reactive ketones (excluding diaryl/α,β-unsaturated/α-hetero) is 2. The van der Waals surface area contributed by atoms with Crippen molar-refractivity contribution in [2.24, 2.45) is 5.92 Å². The molecule has 0 atom stereocenters. The highest BCUT2D eigenvalue weighted by Crippen LogP contribution is 2.17. The van der Waals surface area contributed by atoms with Crippen molar-refractivity contribution < 1.29 is 14.3 Å². The van der Waals surface area contributed by atoms with Gasteiger partial charge in [-0.05, 0) is 55.4 Å². The molecular formula is C28H36O3. The lowest BCUT2D eigenvalue weighted by atomic mass is 9.90. The Kier molecular flexibility index (Phi) is 11.4. The summed E-state index contributed by atoms with van der Waals surface area (Å²) in [5, 5.41) is 0. The van der Waals surface area contributed by atoms with Gasteiger partial charge in [0.2, 0.25) is 0 Å². The van der Waals surface area contributed by atoms with Crippen LogP contribution in [0, 0.1) is 5.92 Å². The minimum absolute atomic E-state index is 0.0962. The van der Waals surface area contributed by atoms with Crippen molar-refractivity contribution in [1.29, 1.82) is 0 Å². The summed E-state index contributed by atoms with van der Waals surface area (Å²) in [6, 6.07) is 18.5. The van der Waals surface area contributed by atoms with Crippen LogP contribution < -0.4 is 4.74 Å². The maximum absolute atomic E-state index is 11.9. The average molecular weight is 421 g/mol. The van der Waals surface area contributed by atoms with Gasteiger partial charge in [-0.25, -0.2) is 0 Å². The monoisotopic (exact) mass is 420 g/mol. The van der Waals surface area contributed by atoms with Crippen LogP contribution in [-0.2, 0) is 22.6 Å². The van der Waals surface area contributed by atoms with E-state index in [0.29, 0.717) is 25.9 Å². The van der Waals surface area contributed by atoms with E-state index in [1.165, 1.54) is 11.1 Å². The number of hydrogen-bond acceptors (Lipinski definition) is 3. The number of allylic oxidation sites excluding steroid dienone is 2. The van der Waals surface area contributed by atoms with Crippen LogP contribution in [0.5, 0.6) is 5.75 Å². The third-order valence-corrected chi connectivity index (χ3v) is 5.53. The van der Waals surface area contributed by atoms with Gasteiger partial charge in [-0.2, -0.15) is 0 Å². The molecule has 166 valence electrons. The molecule has 0 heterocycles. The van der Waals surface area contributed by atoms with Crippen molar-refractivity contribution in [3.63, 3.8) is 0 Å². The van der Waals surface area contributed by atoms with Crippen molar-refractivity contribution in [1.82, 2.24) is 0 Å². The molecule has 0 aliphatic carbocycles. The number of hydrogen-bond donors (Lipinski definition) is 0. The quantitative estimate of drug-likeness (QED) is 0.179. The van der Waals surface area contributed by atoms with Crippen LogP contribution in [0.3, 0.4) is 0 Å². The van der Waals surface area contributed by atoms with Gasteiger partial charge in [0, 0.05) is 12.8 Å². The SMILES string of the molecule is CCC(=O)C(CCCCC=CCCc1ccc(OCc2ccccc2)cc1)C(=O)CC. The molecule has 0 aliphatic heterocycles. The Morgan fingerprint density at radius 3 is 2.10 bits per heavy atom. The van der Waals surface area contributed by atoms with Crippen molar-refractivity contribution in [3.8, 4) is 5.75 Å². The molecule has 0 fully saturated rings. The largest absolute Gasteiger partial charge is 0.489 e. The molecule has 0 bridgehead atoms. The molecule has 0 aliphatic rings. The molecule has 0 aromatic heterocycles. The topological polar surface area (TPSA) is 43.4 Å². The van der Waals surface area contributed by atoms with E-state index in [2.05, 4.69) is 36.4 Å². The molecular weight excluding hydrogens is 384 g/mol. The summed E-state index contributed by atoms with van der Waals surface area (Å²) in [7, 11) is 0. The predicted octanol–water partition coefficient (Wildman–Crippen LogP) is 6.89. The molecule has 2 rings (SSSR count). The number of aryl methyl sites for hydroxylation is 1. The number of carbonyl (C=O) groups is 2. The average Bonchev–Trinajstić information content (AvgIpc) is 2.82. The van der Waals surface area contributed by atoms with Crippen molar-refractivity contribution in [2.75, 3.05) is 0 Å². The van der Waals surface area contributed by atoms with Crippen molar-refractivity contribution >= 4 is 11.6 Å². The van der Waals surface area contributed by atoms with E-state index in [-0.39, 0.29) is 17.5 Å². The predicted molar refractivity (Wildman–Crippen MR) is 127 cm³/mol. The van der Waals surface area contributed by atoms with Crippen LogP contribution in [0.4, 0.5) is 0 Å². The molecule has 0 amide bonds. The molecule has 0 N–H and O–H groups in total. The summed E-state index contributed by atoms with van der Waals surface area (Å²) >= 11 is 0. The van der Waals surface area contributed by atoms with Crippen LogP contribution in [0.15, 0.2) is 66.7 Å². The smallest absolute Gasteiger partial charge is 0.143 e. The third kappa shape index (κ3) is 9.33. The van der Waals surface area contributed by atoms with Crippen LogP contribution in [-0.4, -0.2) is 11.6 Å². The maximum atomic E-state index is 11.9. The number of carbonyl (C=O) groups excluding carboxylic acids is 2. The fraction of sp³-hybridized carbons (Fsp3) is 0.429. The standard InChI is InChI=1S/C28H36O3/c1-3-27(29)26(28(30)4-2)17-13-8-6-5-7-10-14-23-18-20-25(21-19-23)31-22-24-15-11-9-12-16-24/h5,7,9,11-12,15-16,18-21,26H,3-4,6,8,10,13-14,17,22H2,1-2H3. The van der Waals surface area contributed by atoms with Crippen molar-refractivity contribution in [2.45, 2.75) is 71.8 Å². The van der Waals surface area contributed by atoms with E-state index >= 15 is 0 Å². The van der Waals surface area contributed by atoms with E-state index in [0.717, 1.165) is 37.9 Å². The zero-order chi connectivity index (χ0) is 22.3. The van der Waals surface area contributed by atoms with Crippen molar-refractivity contribution in [3.05, 3.63) is 77.9 Å². The van der Waals surface area contributed by atoms with Gasteiger partial charge in [0.05, 0.1) is 5.92 Å². The Bertz CT molecular complexity index is 790. The Labute approximate surface area is 187 Å². The molecule has 3 nitrogen and oxygen atoms in total. The summed E-state index contributed by atoms with van der Waals surface area (Å²) in [5.41, 5.74) is 2.47. The minimum Gasteiger partial charge on any atom is -0.489 e. The second-order valence-corrected chi connectivity index (χ2v) is 7.91. The molecule has 3 heteroatoms. The summed E-state index contributed by atoms with van der Waals surface area (Å²) in [5.74, 6) is 0.709. The lowest BCUT2D eigenvalue weighted by Crippen LogP contribution is -2.22. The fourth-order valence-corrected chi connectivity index (χ4v) is 3.58. The van der Waals surface area contributed by atoms with E-state index in [4.69, 9.17) is 4.74 Å². The molecule has 31 heavy (non-hydrogen) atoms. The van der Waals surface area contributed by atoms with Gasteiger partial charge in [-0.1, -0.05) is 74.9 Å². The third-order valence-electron chi connectivity index (χ3n) is 5.53. The molecule has 0 unspecified atom stereocenters. The first kappa shape index (κ1) is 24.6. The zero-order valence-corrected chi connectivity index (χ0v) is 19.0. The first-order chi connectivity index (χ1) is 15.1. The van der Waals surface area contributed by atoms with Gasteiger partial charge in [-0.15, -0.1) is 0 Å². The van der Waals surface area contributed by atoms with E-state index < -0.39 is 0 Å². The molecule has 0 saturated carbocycles. The van der Waals surface area contributed by atoms with Gasteiger partial charge in [0.15, 0.2) is 0 Å². The first-order valence-electron chi connectivity index (χ1n) is 11.6. The molecule has 2 aromatic rings. The van der Waals surface area contributed by atoms with E-state index in [9.17, 15) is 9.59 Å². The number of ketones is 2. The lowest BCUT2D eigenvalue weighted by Gasteiger charge is -2.12. The molecule has 0 saturated heterocycles. The van der Waals surface area contributed by atoms with Gasteiger partial charge < -0.3 is 4.74 Å². The summed E-state index contributed by atoms with van der Waals surface area (Å²) in [4.78, 5) is 23.9. The van der Waals surface area contributed by atoms with Crippen LogP contribution >= 0.6 is 0 Å². The Balaban J connectivity index is 1.61. The molecule has 0 radical (unpaired) electrons. The normalized spacial score (nSPS) is 11.2. The second kappa shape index (κ2) is 14.3. The van der Waals surface area contributed by atoms with E-state index in [1.54, 1.807) is 0 Å².